The summed E-state index contributed by atoms with van der Waals surface area (Å²) >= 11 is 0. The van der Waals surface area contributed by atoms with E-state index in [0.29, 0.717) is 0 Å². The Kier molecular flexibility index (Phi) is 8.21. The van der Waals surface area contributed by atoms with Gasteiger partial charge in [0, 0.05) is 44.5 Å². The molecule has 0 spiro atoms. The smallest absolute Gasteiger partial charge is 0.191 e. The maximum Gasteiger partial charge on any atom is 0.191 e. The molecule has 0 saturated carbocycles. The van der Waals surface area contributed by atoms with Crippen molar-refractivity contribution in [3.8, 4) is 5.75 Å². The third-order valence-electron chi connectivity index (χ3n) is 4.53. The topological polar surface area (TPSA) is 63.5 Å². The average molecular weight is 469 g/mol. The van der Waals surface area contributed by atoms with Crippen LogP contribution in [0, 0.1) is 6.92 Å². The van der Waals surface area contributed by atoms with Crippen LogP contribution < -0.4 is 15.4 Å². The van der Waals surface area contributed by atoms with Crippen LogP contribution in [0.3, 0.4) is 0 Å². The number of guanidine groups is 1. The van der Waals surface area contributed by atoms with Crippen LogP contribution in [0.1, 0.15) is 36.7 Å². The summed E-state index contributed by atoms with van der Waals surface area (Å²) in [4.78, 5) is 8.60. The van der Waals surface area contributed by atoms with Gasteiger partial charge in [0.15, 0.2) is 5.96 Å². The van der Waals surface area contributed by atoms with Crippen molar-refractivity contribution in [2.45, 2.75) is 38.8 Å². The van der Waals surface area contributed by atoms with E-state index in [2.05, 4.69) is 37.3 Å². The quantitative estimate of drug-likeness (QED) is 0.295. The van der Waals surface area contributed by atoms with Gasteiger partial charge in [-0.15, -0.1) is 24.0 Å². The minimum absolute atomic E-state index is 0. The number of aryl methyl sites for hydroxylation is 2. The van der Waals surface area contributed by atoms with Crippen molar-refractivity contribution in [3.63, 3.8) is 0 Å². The molecule has 2 heterocycles. The molecule has 26 heavy (non-hydrogen) atoms. The molecule has 0 saturated heterocycles. The van der Waals surface area contributed by atoms with Crippen LogP contribution in [0.4, 0.5) is 0 Å². The lowest BCUT2D eigenvalue weighted by Crippen LogP contribution is -2.41. The molecule has 0 amide bonds. The molecule has 1 aromatic carbocycles. The Morgan fingerprint density at radius 1 is 1.35 bits per heavy atom. The van der Waals surface area contributed by atoms with Gasteiger partial charge in [-0.1, -0.05) is 18.2 Å². The largest absolute Gasteiger partial charge is 0.493 e. The first-order valence-electron chi connectivity index (χ1n) is 8.94. The lowest BCUT2D eigenvalue weighted by molar-refractivity contribution is 0.261. The number of aliphatic imine (C=N–C) groups is 1. The molecule has 1 atom stereocenters. The van der Waals surface area contributed by atoms with Crippen molar-refractivity contribution in [2.75, 3.05) is 20.2 Å². The number of fused-ring (bicyclic) bond motifs is 1. The van der Waals surface area contributed by atoms with Crippen LogP contribution in [0.15, 0.2) is 41.7 Å². The van der Waals surface area contributed by atoms with Crippen LogP contribution in [0.2, 0.25) is 0 Å². The van der Waals surface area contributed by atoms with Crippen molar-refractivity contribution in [3.05, 3.63) is 48.0 Å². The highest BCUT2D eigenvalue weighted by Crippen LogP contribution is 2.31. The number of hydrogen-bond acceptors (Lipinski definition) is 3. The number of nitrogens with one attached hydrogen (secondary N) is 2. The number of nitrogens with zero attached hydrogens (tertiary/aromatic N) is 3. The van der Waals surface area contributed by atoms with E-state index >= 15 is 0 Å². The maximum atomic E-state index is 5.72. The summed E-state index contributed by atoms with van der Waals surface area (Å²) in [5, 5.41) is 6.93. The summed E-state index contributed by atoms with van der Waals surface area (Å²) in [6.07, 6.45) is 7.03. The molecular formula is C19H28IN5O. The van der Waals surface area contributed by atoms with Gasteiger partial charge in [-0.25, -0.2) is 4.98 Å². The van der Waals surface area contributed by atoms with E-state index in [1.165, 1.54) is 5.56 Å². The molecule has 6 nitrogen and oxygen atoms in total. The predicted octanol–water partition coefficient (Wildman–Crippen LogP) is 3.28. The minimum atomic E-state index is 0. The lowest BCUT2D eigenvalue weighted by atomic mass is 10.0. The number of para-hydroxylation sites is 1. The molecular weight excluding hydrogens is 441 g/mol. The molecule has 0 radical (unpaired) electrons. The van der Waals surface area contributed by atoms with Crippen LogP contribution in [0.5, 0.6) is 5.75 Å². The summed E-state index contributed by atoms with van der Waals surface area (Å²) in [7, 11) is 1.81. The summed E-state index contributed by atoms with van der Waals surface area (Å²) in [6.45, 7) is 4.68. The Morgan fingerprint density at radius 2 is 2.19 bits per heavy atom. The number of ether oxygens (including phenoxy) is 1. The fraction of sp³-hybridized carbons (Fsp3) is 0.474. The van der Waals surface area contributed by atoms with E-state index in [1.54, 1.807) is 0 Å². The normalized spacial score (nSPS) is 16.2. The highest BCUT2D eigenvalue weighted by Gasteiger charge is 2.21. The van der Waals surface area contributed by atoms with Gasteiger partial charge in [0.05, 0.1) is 12.6 Å². The van der Waals surface area contributed by atoms with Gasteiger partial charge in [0.25, 0.3) is 0 Å². The molecule has 142 valence electrons. The van der Waals surface area contributed by atoms with Gasteiger partial charge in [-0.3, -0.25) is 4.99 Å². The number of benzene rings is 1. The van der Waals surface area contributed by atoms with Gasteiger partial charge >= 0.3 is 0 Å². The number of unbranched alkanes of at least 4 members (excludes halogenated alkanes) is 1. The third-order valence-corrected chi connectivity index (χ3v) is 4.53. The van der Waals surface area contributed by atoms with Crippen molar-refractivity contribution < 1.29 is 4.74 Å². The predicted molar refractivity (Wildman–Crippen MR) is 115 cm³/mol. The molecule has 3 rings (SSSR count). The van der Waals surface area contributed by atoms with Gasteiger partial charge in [0.1, 0.15) is 11.6 Å². The highest BCUT2D eigenvalue weighted by molar-refractivity contribution is 14.0. The Hall–Kier alpha value is -1.77. The summed E-state index contributed by atoms with van der Waals surface area (Å²) in [5.74, 6) is 2.89. The summed E-state index contributed by atoms with van der Waals surface area (Å²) in [5.41, 5.74) is 1.20. The SMILES string of the molecule is CN=C(NCCCCn1ccnc1C)NC1CCOc2ccccc21.I. The first kappa shape index (κ1) is 20.5. The Balaban J connectivity index is 0.00000243. The molecule has 1 aliphatic heterocycles. The van der Waals surface area contributed by atoms with E-state index in [4.69, 9.17) is 4.74 Å². The second kappa shape index (κ2) is 10.4. The monoisotopic (exact) mass is 469 g/mol. The zero-order valence-electron chi connectivity index (χ0n) is 15.4. The van der Waals surface area contributed by atoms with Crippen LogP contribution in [0.25, 0.3) is 0 Å². The number of halogens is 1. The lowest BCUT2D eigenvalue weighted by Gasteiger charge is -2.28. The van der Waals surface area contributed by atoms with Gasteiger partial charge in [-0.2, -0.15) is 0 Å². The Bertz CT molecular complexity index is 715. The molecule has 0 bridgehead atoms. The summed E-state index contributed by atoms with van der Waals surface area (Å²) in [6, 6.07) is 8.45. The van der Waals surface area contributed by atoms with Crippen LogP contribution in [-0.2, 0) is 6.54 Å². The Morgan fingerprint density at radius 3 is 2.96 bits per heavy atom. The third kappa shape index (κ3) is 5.36. The minimum Gasteiger partial charge on any atom is -0.493 e. The zero-order chi connectivity index (χ0) is 17.5. The highest BCUT2D eigenvalue weighted by atomic mass is 127. The molecule has 1 aromatic heterocycles. The van der Waals surface area contributed by atoms with Crippen LogP contribution >= 0.6 is 24.0 Å². The van der Waals surface area contributed by atoms with Crippen molar-refractivity contribution in [1.82, 2.24) is 20.2 Å². The second-order valence-electron chi connectivity index (χ2n) is 6.25. The number of hydrogen-bond donors (Lipinski definition) is 2. The van der Waals surface area contributed by atoms with E-state index < -0.39 is 0 Å². The van der Waals surface area contributed by atoms with Gasteiger partial charge in [0.2, 0.25) is 0 Å². The van der Waals surface area contributed by atoms with Gasteiger partial charge in [-0.05, 0) is 25.8 Å². The molecule has 2 N–H and O–H groups in total. The van der Waals surface area contributed by atoms with Crippen molar-refractivity contribution in [2.24, 2.45) is 4.99 Å². The maximum absolute atomic E-state index is 5.72. The molecule has 1 aliphatic rings. The van der Waals surface area contributed by atoms with E-state index in [0.717, 1.165) is 56.5 Å². The molecule has 1 unspecified atom stereocenters. The number of rotatable bonds is 6. The molecule has 0 aliphatic carbocycles. The average Bonchev–Trinajstić information content (AvgIpc) is 3.05. The van der Waals surface area contributed by atoms with Gasteiger partial charge < -0.3 is 19.9 Å². The fourth-order valence-electron chi connectivity index (χ4n) is 3.11. The van der Waals surface area contributed by atoms with Crippen molar-refractivity contribution >= 4 is 29.9 Å². The van der Waals surface area contributed by atoms with Crippen LogP contribution in [-0.4, -0.2) is 35.7 Å². The number of imidazole rings is 1. The van der Waals surface area contributed by atoms with E-state index in [-0.39, 0.29) is 30.0 Å². The fourth-order valence-corrected chi connectivity index (χ4v) is 3.11. The molecule has 0 fully saturated rings. The standard InChI is InChI=1S/C19H27N5O.HI/c1-15-21-11-13-24(15)12-6-5-10-22-19(20-2)23-17-9-14-25-18-8-4-3-7-16(17)18;/h3-4,7-8,11,13,17H,5-6,9-10,12,14H2,1-2H3,(H2,20,22,23);1H. The first-order chi connectivity index (χ1) is 12.3. The van der Waals surface area contributed by atoms with E-state index in [1.807, 2.05) is 38.5 Å². The number of aromatic nitrogens is 2. The molecule has 2 aromatic rings. The zero-order valence-corrected chi connectivity index (χ0v) is 17.8. The second-order valence-corrected chi connectivity index (χ2v) is 6.25. The van der Waals surface area contributed by atoms with Crippen molar-refractivity contribution in [1.29, 1.82) is 0 Å². The first-order valence-corrected chi connectivity index (χ1v) is 8.94. The Labute approximate surface area is 172 Å². The summed E-state index contributed by atoms with van der Waals surface area (Å²) < 4.78 is 7.91. The van der Waals surface area contributed by atoms with E-state index in [9.17, 15) is 0 Å². The molecule has 7 heteroatoms.